The number of carbonyl (C=O) groups excluding carboxylic acids is 1. The summed E-state index contributed by atoms with van der Waals surface area (Å²) in [6.45, 7) is 8.82. The summed E-state index contributed by atoms with van der Waals surface area (Å²) in [7, 11) is 0. The highest BCUT2D eigenvalue weighted by atomic mass is 32.2. The van der Waals surface area contributed by atoms with Gasteiger partial charge in [-0.1, -0.05) is 50.8 Å². The maximum Gasteiger partial charge on any atom is 0.267 e. The summed E-state index contributed by atoms with van der Waals surface area (Å²) in [5, 5.41) is 3.25. The molecule has 3 rings (SSSR count). The van der Waals surface area contributed by atoms with E-state index >= 15 is 0 Å². The van der Waals surface area contributed by atoms with Gasteiger partial charge in [0.05, 0.1) is 10.5 Å². The number of hydrogen-bond donors (Lipinski definition) is 1. The SMILES string of the molecule is CCC(C)N1C(=O)C(=Cc2c(NCC(C)C)nc3ccccn3c2=O)SC1=S. The van der Waals surface area contributed by atoms with E-state index in [1.54, 1.807) is 29.3 Å². The smallest absolute Gasteiger partial charge is 0.267 e. The van der Waals surface area contributed by atoms with Crippen LogP contribution in [0.4, 0.5) is 5.82 Å². The molecule has 1 unspecified atom stereocenters. The number of nitrogens with one attached hydrogen (secondary N) is 1. The minimum atomic E-state index is -0.217. The average molecular weight is 417 g/mol. The van der Waals surface area contributed by atoms with Crippen LogP contribution < -0.4 is 10.9 Å². The molecule has 1 aliphatic heterocycles. The maximum absolute atomic E-state index is 13.1. The van der Waals surface area contributed by atoms with Gasteiger partial charge in [-0.15, -0.1) is 0 Å². The number of aromatic nitrogens is 2. The molecule has 1 atom stereocenters. The van der Waals surface area contributed by atoms with Crippen LogP contribution in [-0.4, -0.2) is 37.1 Å². The summed E-state index contributed by atoms with van der Waals surface area (Å²) >= 11 is 6.63. The van der Waals surface area contributed by atoms with E-state index in [0.29, 0.717) is 38.7 Å². The Morgan fingerprint density at radius 2 is 2.04 bits per heavy atom. The lowest BCUT2D eigenvalue weighted by molar-refractivity contribution is -0.123. The van der Waals surface area contributed by atoms with Crippen molar-refractivity contribution in [3.8, 4) is 0 Å². The number of rotatable bonds is 6. The summed E-state index contributed by atoms with van der Waals surface area (Å²) in [4.78, 5) is 32.7. The van der Waals surface area contributed by atoms with E-state index < -0.39 is 0 Å². The van der Waals surface area contributed by atoms with Gasteiger partial charge in [0, 0.05) is 18.8 Å². The Morgan fingerprint density at radius 1 is 1.29 bits per heavy atom. The van der Waals surface area contributed by atoms with Crippen LogP contribution in [0.15, 0.2) is 34.1 Å². The normalized spacial score (nSPS) is 17.2. The van der Waals surface area contributed by atoms with Crippen LogP contribution in [0.2, 0.25) is 0 Å². The molecule has 0 spiro atoms. The first-order valence-electron chi connectivity index (χ1n) is 9.35. The van der Waals surface area contributed by atoms with Crippen LogP contribution in [0.5, 0.6) is 0 Å². The fraction of sp³-hybridized carbons (Fsp3) is 0.400. The van der Waals surface area contributed by atoms with E-state index in [-0.39, 0.29) is 17.5 Å². The van der Waals surface area contributed by atoms with Crippen molar-refractivity contribution in [3.63, 3.8) is 0 Å². The van der Waals surface area contributed by atoms with Gasteiger partial charge in [0.15, 0.2) is 0 Å². The number of carbonyl (C=O) groups is 1. The van der Waals surface area contributed by atoms with Crippen molar-refractivity contribution >= 4 is 51.7 Å². The molecule has 1 fully saturated rings. The summed E-state index contributed by atoms with van der Waals surface area (Å²) in [5.41, 5.74) is 0.711. The summed E-state index contributed by atoms with van der Waals surface area (Å²) in [6.07, 6.45) is 4.11. The predicted octanol–water partition coefficient (Wildman–Crippen LogP) is 3.76. The highest BCUT2D eigenvalue weighted by Crippen LogP contribution is 2.34. The molecule has 0 aliphatic carbocycles. The zero-order chi connectivity index (χ0) is 20.4. The average Bonchev–Trinajstić information content (AvgIpc) is 2.95. The van der Waals surface area contributed by atoms with E-state index in [0.717, 1.165) is 6.42 Å². The molecular formula is C20H24N4O2S2. The molecule has 1 N–H and O–H groups in total. The molecule has 148 valence electrons. The highest BCUT2D eigenvalue weighted by molar-refractivity contribution is 8.26. The third-order valence-corrected chi connectivity index (χ3v) is 5.91. The third kappa shape index (κ3) is 3.98. The minimum Gasteiger partial charge on any atom is -0.369 e. The molecule has 3 heterocycles. The van der Waals surface area contributed by atoms with Gasteiger partial charge in [-0.05, 0) is 37.5 Å². The van der Waals surface area contributed by atoms with Gasteiger partial charge in [-0.2, -0.15) is 0 Å². The van der Waals surface area contributed by atoms with Crippen LogP contribution in [0.25, 0.3) is 11.7 Å². The number of anilines is 1. The van der Waals surface area contributed by atoms with Crippen molar-refractivity contribution in [2.75, 3.05) is 11.9 Å². The number of nitrogens with zero attached hydrogens (tertiary/aromatic N) is 3. The number of pyridine rings is 1. The van der Waals surface area contributed by atoms with Gasteiger partial charge >= 0.3 is 0 Å². The highest BCUT2D eigenvalue weighted by Gasteiger charge is 2.35. The molecular weight excluding hydrogens is 392 g/mol. The van der Waals surface area contributed by atoms with Crippen LogP contribution in [0.3, 0.4) is 0 Å². The standard InChI is InChI=1S/C20H24N4O2S2/c1-5-13(4)24-19(26)15(28-20(24)27)10-14-17(21-11-12(2)3)22-16-8-6-7-9-23(16)18(14)25/h6-10,12-13,21H,5,11H2,1-4H3. The quantitative estimate of drug-likeness (QED) is 0.571. The molecule has 0 radical (unpaired) electrons. The molecule has 8 heteroatoms. The van der Waals surface area contributed by atoms with Gasteiger partial charge in [0.1, 0.15) is 15.8 Å². The fourth-order valence-corrected chi connectivity index (χ4v) is 4.29. The third-order valence-electron chi connectivity index (χ3n) is 4.58. The zero-order valence-corrected chi connectivity index (χ0v) is 18.1. The van der Waals surface area contributed by atoms with Crippen molar-refractivity contribution in [1.29, 1.82) is 0 Å². The number of thiocarbonyl (C=S) groups is 1. The van der Waals surface area contributed by atoms with Crippen LogP contribution in [0, 0.1) is 5.92 Å². The lowest BCUT2D eigenvalue weighted by atomic mass is 10.2. The van der Waals surface area contributed by atoms with Gasteiger partial charge in [0.2, 0.25) is 0 Å². The van der Waals surface area contributed by atoms with Crippen molar-refractivity contribution in [3.05, 3.63) is 45.2 Å². The Kier molecular flexibility index (Phi) is 6.20. The van der Waals surface area contributed by atoms with Crippen LogP contribution >= 0.6 is 24.0 Å². The molecule has 1 saturated heterocycles. The van der Waals surface area contributed by atoms with E-state index in [9.17, 15) is 9.59 Å². The molecule has 0 bridgehead atoms. The Bertz CT molecular complexity index is 1010. The van der Waals surface area contributed by atoms with Gasteiger partial charge in [-0.25, -0.2) is 4.98 Å². The Labute approximate surface area is 174 Å². The Hall–Kier alpha value is -2.19. The lowest BCUT2D eigenvalue weighted by Crippen LogP contribution is -2.36. The second kappa shape index (κ2) is 8.45. The topological polar surface area (TPSA) is 66.7 Å². The monoisotopic (exact) mass is 416 g/mol. The number of hydrogen-bond acceptors (Lipinski definition) is 6. The molecule has 6 nitrogen and oxygen atoms in total. The second-order valence-electron chi connectivity index (χ2n) is 7.19. The summed E-state index contributed by atoms with van der Waals surface area (Å²) in [6, 6.07) is 5.43. The van der Waals surface area contributed by atoms with E-state index in [1.807, 2.05) is 19.9 Å². The Balaban J connectivity index is 2.11. The number of fused-ring (bicyclic) bond motifs is 1. The predicted molar refractivity (Wildman–Crippen MR) is 120 cm³/mol. The summed E-state index contributed by atoms with van der Waals surface area (Å²) < 4.78 is 2.01. The van der Waals surface area contributed by atoms with Crippen molar-refractivity contribution in [1.82, 2.24) is 14.3 Å². The van der Waals surface area contributed by atoms with E-state index in [4.69, 9.17) is 12.2 Å². The van der Waals surface area contributed by atoms with Gasteiger partial charge in [-0.3, -0.25) is 18.9 Å². The first-order chi connectivity index (χ1) is 13.3. The second-order valence-corrected chi connectivity index (χ2v) is 8.87. The molecule has 28 heavy (non-hydrogen) atoms. The molecule has 1 aliphatic rings. The van der Waals surface area contributed by atoms with E-state index in [1.165, 1.54) is 16.2 Å². The maximum atomic E-state index is 13.1. The largest absolute Gasteiger partial charge is 0.369 e. The fourth-order valence-electron chi connectivity index (χ4n) is 2.84. The first-order valence-corrected chi connectivity index (χ1v) is 10.6. The molecule has 2 aromatic rings. The Morgan fingerprint density at radius 3 is 2.71 bits per heavy atom. The minimum absolute atomic E-state index is 0.0211. The molecule has 0 saturated carbocycles. The molecule has 2 aromatic heterocycles. The van der Waals surface area contributed by atoms with Crippen LogP contribution in [-0.2, 0) is 4.79 Å². The lowest BCUT2D eigenvalue weighted by Gasteiger charge is -2.21. The zero-order valence-electron chi connectivity index (χ0n) is 16.4. The van der Waals surface area contributed by atoms with Crippen LogP contribution in [0.1, 0.15) is 39.7 Å². The van der Waals surface area contributed by atoms with Crippen molar-refractivity contribution in [2.24, 2.45) is 5.92 Å². The van der Waals surface area contributed by atoms with Gasteiger partial charge in [0.25, 0.3) is 11.5 Å². The first kappa shape index (κ1) is 20.5. The summed E-state index contributed by atoms with van der Waals surface area (Å²) in [5.74, 6) is 0.711. The molecule has 1 amide bonds. The number of thioether (sulfide) groups is 1. The van der Waals surface area contributed by atoms with Crippen molar-refractivity contribution in [2.45, 2.75) is 40.2 Å². The van der Waals surface area contributed by atoms with Crippen molar-refractivity contribution < 1.29 is 4.79 Å². The van der Waals surface area contributed by atoms with Gasteiger partial charge < -0.3 is 5.32 Å². The number of amides is 1. The van der Waals surface area contributed by atoms with E-state index in [2.05, 4.69) is 24.1 Å². The molecule has 0 aromatic carbocycles.